The van der Waals surface area contributed by atoms with Gasteiger partial charge in [-0.3, -0.25) is 9.59 Å². The third-order valence-electron chi connectivity index (χ3n) is 4.25. The predicted octanol–water partition coefficient (Wildman–Crippen LogP) is 2.07. The molecule has 5 nitrogen and oxygen atoms in total. The molecule has 0 aliphatic rings. The van der Waals surface area contributed by atoms with Crippen LogP contribution in [0.25, 0.3) is 0 Å². The minimum Gasteiger partial charge on any atom is -0.366 e. The van der Waals surface area contributed by atoms with Crippen LogP contribution < -0.4 is 16.4 Å². The molecule has 0 bridgehead atoms. The van der Waals surface area contributed by atoms with Crippen LogP contribution in [0.15, 0.2) is 54.6 Å². The van der Waals surface area contributed by atoms with Crippen molar-refractivity contribution in [3.63, 3.8) is 0 Å². The second kappa shape index (κ2) is 8.44. The standard InChI is InChI=1S/C20H25N3O2/c1-13(2)18(15-7-5-4-6-8-15)22-14(3)20(25)23-17-11-9-16(10-12-17)19(21)24/h4-14,18,22H,1-3H3,(H2,21,24)(H,23,25)/p+1/t14-,18+/m1/s1. The molecule has 2 aromatic rings. The number of quaternary nitrogens is 1. The van der Waals surface area contributed by atoms with Crippen LogP contribution in [0.5, 0.6) is 0 Å². The highest BCUT2D eigenvalue weighted by Gasteiger charge is 2.25. The van der Waals surface area contributed by atoms with Crippen LogP contribution in [-0.2, 0) is 4.79 Å². The Kier molecular flexibility index (Phi) is 6.31. The molecule has 25 heavy (non-hydrogen) atoms. The molecule has 2 atom stereocenters. The number of hydrogen-bond donors (Lipinski definition) is 3. The van der Waals surface area contributed by atoms with Crippen LogP contribution in [0.3, 0.4) is 0 Å². The number of anilines is 1. The monoisotopic (exact) mass is 340 g/mol. The van der Waals surface area contributed by atoms with Gasteiger partial charge in [0.15, 0.2) is 6.04 Å². The number of primary amides is 1. The van der Waals surface area contributed by atoms with Crippen LogP contribution in [0.1, 0.15) is 42.7 Å². The fourth-order valence-electron chi connectivity index (χ4n) is 2.77. The van der Waals surface area contributed by atoms with Crippen molar-refractivity contribution in [3.8, 4) is 0 Å². The lowest BCUT2D eigenvalue weighted by molar-refractivity contribution is -0.718. The molecule has 2 rings (SSSR count). The van der Waals surface area contributed by atoms with Gasteiger partial charge in [-0.25, -0.2) is 0 Å². The van der Waals surface area contributed by atoms with Crippen molar-refractivity contribution in [2.45, 2.75) is 32.9 Å². The number of hydrogen-bond acceptors (Lipinski definition) is 2. The molecule has 0 spiro atoms. The third kappa shape index (κ3) is 5.16. The highest BCUT2D eigenvalue weighted by atomic mass is 16.2. The van der Waals surface area contributed by atoms with Gasteiger partial charge in [0.25, 0.3) is 5.91 Å². The summed E-state index contributed by atoms with van der Waals surface area (Å²) in [6, 6.07) is 16.7. The second-order valence-electron chi connectivity index (χ2n) is 6.59. The van der Waals surface area contributed by atoms with Crippen LogP contribution in [0.4, 0.5) is 5.69 Å². The molecular weight excluding hydrogens is 314 g/mol. The largest absolute Gasteiger partial charge is 0.366 e. The van der Waals surface area contributed by atoms with Gasteiger partial charge in [-0.05, 0) is 31.2 Å². The van der Waals surface area contributed by atoms with Gasteiger partial charge in [-0.1, -0.05) is 44.2 Å². The quantitative estimate of drug-likeness (QED) is 0.720. The van der Waals surface area contributed by atoms with Gasteiger partial charge in [-0.15, -0.1) is 0 Å². The van der Waals surface area contributed by atoms with E-state index in [-0.39, 0.29) is 18.0 Å². The molecule has 2 aromatic carbocycles. The molecule has 2 amide bonds. The molecule has 5 N–H and O–H groups in total. The van der Waals surface area contributed by atoms with Crippen molar-refractivity contribution in [2.75, 3.05) is 5.32 Å². The molecule has 5 heteroatoms. The minimum atomic E-state index is -0.484. The number of amides is 2. The number of carbonyl (C=O) groups excluding carboxylic acids is 2. The molecule has 0 fully saturated rings. The molecule has 0 aliphatic heterocycles. The Hall–Kier alpha value is -2.66. The summed E-state index contributed by atoms with van der Waals surface area (Å²) in [5.41, 5.74) is 7.50. The molecule has 0 saturated carbocycles. The van der Waals surface area contributed by atoms with Gasteiger partial charge in [0.05, 0.1) is 0 Å². The van der Waals surface area contributed by atoms with Crippen LogP contribution in [0.2, 0.25) is 0 Å². The number of carbonyl (C=O) groups is 2. The molecule has 0 unspecified atom stereocenters. The fraction of sp³-hybridized carbons (Fsp3) is 0.300. The van der Waals surface area contributed by atoms with E-state index in [1.54, 1.807) is 24.3 Å². The highest BCUT2D eigenvalue weighted by Crippen LogP contribution is 2.17. The molecule has 0 aliphatic carbocycles. The van der Waals surface area contributed by atoms with E-state index >= 15 is 0 Å². The maximum absolute atomic E-state index is 12.5. The van der Waals surface area contributed by atoms with Gasteiger partial charge in [0.2, 0.25) is 5.91 Å². The zero-order valence-corrected chi connectivity index (χ0v) is 14.9. The minimum absolute atomic E-state index is 0.0755. The van der Waals surface area contributed by atoms with Crippen molar-refractivity contribution in [1.82, 2.24) is 0 Å². The van der Waals surface area contributed by atoms with E-state index in [2.05, 4.69) is 36.6 Å². The number of benzene rings is 2. The normalized spacial score (nSPS) is 13.3. The molecule has 132 valence electrons. The lowest BCUT2D eigenvalue weighted by Crippen LogP contribution is -2.93. The summed E-state index contributed by atoms with van der Waals surface area (Å²) in [6.07, 6.45) is 0. The summed E-state index contributed by atoms with van der Waals surface area (Å²) in [4.78, 5) is 23.6. The van der Waals surface area contributed by atoms with Gasteiger partial charge in [-0.2, -0.15) is 0 Å². The van der Waals surface area contributed by atoms with Gasteiger partial charge >= 0.3 is 0 Å². The van der Waals surface area contributed by atoms with Crippen molar-refractivity contribution in [2.24, 2.45) is 11.7 Å². The molecule has 0 radical (unpaired) electrons. The van der Waals surface area contributed by atoms with E-state index < -0.39 is 5.91 Å². The molecular formula is C20H26N3O2+. The maximum atomic E-state index is 12.5. The van der Waals surface area contributed by atoms with Crippen molar-refractivity contribution in [3.05, 3.63) is 65.7 Å². The topological polar surface area (TPSA) is 88.8 Å². The lowest BCUT2D eigenvalue weighted by Gasteiger charge is -2.23. The van der Waals surface area contributed by atoms with Crippen LogP contribution in [0, 0.1) is 5.92 Å². The van der Waals surface area contributed by atoms with E-state index in [4.69, 9.17) is 5.73 Å². The van der Waals surface area contributed by atoms with Crippen molar-refractivity contribution < 1.29 is 14.9 Å². The van der Waals surface area contributed by atoms with E-state index in [0.717, 1.165) is 0 Å². The summed E-state index contributed by atoms with van der Waals surface area (Å²) in [7, 11) is 0. The SMILES string of the molecule is CC(C)[C@H]([NH2+][C@H](C)C(=O)Nc1ccc(C(N)=O)cc1)c1ccccc1. The van der Waals surface area contributed by atoms with E-state index in [9.17, 15) is 9.59 Å². The number of rotatable bonds is 7. The zero-order valence-electron chi connectivity index (χ0n) is 14.9. The number of nitrogens with one attached hydrogen (secondary N) is 1. The first-order valence-electron chi connectivity index (χ1n) is 8.49. The average molecular weight is 340 g/mol. The molecule has 0 heterocycles. The Morgan fingerprint density at radius 3 is 2.08 bits per heavy atom. The van der Waals surface area contributed by atoms with Gasteiger partial charge in [0.1, 0.15) is 6.04 Å². The third-order valence-corrected chi connectivity index (χ3v) is 4.25. The molecule has 0 saturated heterocycles. The summed E-state index contributed by atoms with van der Waals surface area (Å²) in [5.74, 6) is -0.164. The Bertz CT molecular complexity index is 711. The van der Waals surface area contributed by atoms with Crippen molar-refractivity contribution in [1.29, 1.82) is 0 Å². The van der Waals surface area contributed by atoms with E-state index in [0.29, 0.717) is 17.2 Å². The van der Waals surface area contributed by atoms with E-state index in [1.165, 1.54) is 5.56 Å². The van der Waals surface area contributed by atoms with Gasteiger partial charge in [0, 0.05) is 22.7 Å². The van der Waals surface area contributed by atoms with E-state index in [1.807, 2.05) is 25.1 Å². The first-order valence-corrected chi connectivity index (χ1v) is 8.49. The van der Waals surface area contributed by atoms with Gasteiger partial charge < -0.3 is 16.4 Å². The molecule has 0 aromatic heterocycles. The van der Waals surface area contributed by atoms with Crippen molar-refractivity contribution >= 4 is 17.5 Å². The fourth-order valence-corrected chi connectivity index (χ4v) is 2.77. The smallest absolute Gasteiger partial charge is 0.282 e. The summed E-state index contributed by atoms with van der Waals surface area (Å²) in [5, 5.41) is 4.97. The first kappa shape index (κ1) is 18.7. The highest BCUT2D eigenvalue weighted by molar-refractivity contribution is 5.95. The average Bonchev–Trinajstić information content (AvgIpc) is 2.60. The van der Waals surface area contributed by atoms with Crippen LogP contribution >= 0.6 is 0 Å². The Balaban J connectivity index is 2.02. The Labute approximate surface area is 148 Å². The summed E-state index contributed by atoms with van der Waals surface area (Å²) in [6.45, 7) is 6.20. The number of nitrogens with two attached hydrogens (primary N) is 2. The van der Waals surface area contributed by atoms with Crippen LogP contribution in [-0.4, -0.2) is 17.9 Å². The summed E-state index contributed by atoms with van der Waals surface area (Å²) < 4.78 is 0. The Morgan fingerprint density at radius 2 is 1.56 bits per heavy atom. The summed E-state index contributed by atoms with van der Waals surface area (Å²) >= 11 is 0. The lowest BCUT2D eigenvalue weighted by atomic mass is 9.95. The predicted molar refractivity (Wildman–Crippen MR) is 99.0 cm³/mol. The maximum Gasteiger partial charge on any atom is 0.282 e. The second-order valence-corrected chi connectivity index (χ2v) is 6.59. The Morgan fingerprint density at radius 1 is 0.960 bits per heavy atom. The first-order chi connectivity index (χ1) is 11.9. The zero-order chi connectivity index (χ0) is 18.4.